The van der Waals surface area contributed by atoms with E-state index in [1.54, 1.807) is 12.1 Å². The summed E-state index contributed by atoms with van der Waals surface area (Å²) in [5.74, 6) is 0.000365. The largest absolute Gasteiger partial charge is 0.328 e. The van der Waals surface area contributed by atoms with Crippen molar-refractivity contribution < 1.29 is 4.39 Å². The lowest BCUT2D eigenvalue weighted by Crippen LogP contribution is -2.25. The zero-order valence-electron chi connectivity index (χ0n) is 8.43. The third-order valence-corrected chi connectivity index (χ3v) is 2.73. The first-order valence-electron chi connectivity index (χ1n) is 4.70. The van der Waals surface area contributed by atoms with Gasteiger partial charge >= 0.3 is 0 Å². The average molecular weight is 216 g/mol. The molecule has 2 N–H and O–H groups in total. The first-order chi connectivity index (χ1) is 6.50. The van der Waals surface area contributed by atoms with Crippen molar-refractivity contribution in [1.29, 1.82) is 0 Å². The topological polar surface area (TPSA) is 26.0 Å². The van der Waals surface area contributed by atoms with Crippen molar-refractivity contribution in [2.24, 2.45) is 11.7 Å². The minimum atomic E-state index is -0.371. The van der Waals surface area contributed by atoms with Gasteiger partial charge in [-0.3, -0.25) is 0 Å². The van der Waals surface area contributed by atoms with Gasteiger partial charge in [-0.2, -0.15) is 0 Å². The molecule has 1 aromatic rings. The third kappa shape index (κ3) is 2.96. The van der Waals surface area contributed by atoms with Crippen LogP contribution in [0.1, 0.15) is 19.4 Å². The van der Waals surface area contributed by atoms with Gasteiger partial charge in [0, 0.05) is 6.04 Å². The molecule has 0 aliphatic carbocycles. The molecule has 3 heteroatoms. The third-order valence-electron chi connectivity index (χ3n) is 2.44. The average Bonchev–Trinajstić information content (AvgIpc) is 2.11. The number of halogens is 2. The van der Waals surface area contributed by atoms with Gasteiger partial charge in [0.15, 0.2) is 0 Å². The van der Waals surface area contributed by atoms with Crippen molar-refractivity contribution in [3.8, 4) is 0 Å². The summed E-state index contributed by atoms with van der Waals surface area (Å²) in [6, 6.07) is 4.94. The van der Waals surface area contributed by atoms with Crippen LogP contribution in [0.15, 0.2) is 18.2 Å². The Bertz CT molecular complexity index is 312. The van der Waals surface area contributed by atoms with Crippen molar-refractivity contribution in [2.45, 2.75) is 26.3 Å². The summed E-state index contributed by atoms with van der Waals surface area (Å²) in [7, 11) is 0. The molecule has 0 bridgehead atoms. The maximum atomic E-state index is 12.8. The van der Waals surface area contributed by atoms with E-state index >= 15 is 0 Å². The van der Waals surface area contributed by atoms with Crippen LogP contribution in [0.5, 0.6) is 0 Å². The van der Waals surface area contributed by atoms with Crippen LogP contribution in [0.4, 0.5) is 4.39 Å². The summed E-state index contributed by atoms with van der Waals surface area (Å²) in [6.45, 7) is 4.04. The molecular formula is C11H15ClFN. The molecule has 0 heterocycles. The predicted octanol–water partition coefficient (Wildman–Crippen LogP) is 3.00. The first kappa shape index (κ1) is 11.5. The Morgan fingerprint density at radius 2 is 2.07 bits per heavy atom. The quantitative estimate of drug-likeness (QED) is 0.824. The van der Waals surface area contributed by atoms with Crippen LogP contribution in [0, 0.1) is 11.7 Å². The van der Waals surface area contributed by atoms with Crippen LogP contribution >= 0.6 is 11.6 Å². The minimum absolute atomic E-state index is 0.138. The summed E-state index contributed by atoms with van der Waals surface area (Å²) in [5, 5.41) is 0.180. The van der Waals surface area contributed by atoms with Gasteiger partial charge in [0.2, 0.25) is 0 Å². The second kappa shape index (κ2) is 4.76. The molecule has 2 atom stereocenters. The molecule has 0 saturated heterocycles. The molecule has 0 fully saturated rings. The molecule has 2 unspecified atom stereocenters. The van der Waals surface area contributed by atoms with E-state index in [1.807, 2.05) is 6.92 Å². The molecule has 1 aromatic carbocycles. The Morgan fingerprint density at radius 1 is 1.43 bits per heavy atom. The fraction of sp³-hybridized carbons (Fsp3) is 0.455. The van der Waals surface area contributed by atoms with Crippen LogP contribution in [0.25, 0.3) is 0 Å². The van der Waals surface area contributed by atoms with Crippen molar-refractivity contribution in [3.63, 3.8) is 0 Å². The Kier molecular flexibility index (Phi) is 3.90. The smallest absolute Gasteiger partial charge is 0.141 e. The molecule has 0 amide bonds. The highest BCUT2D eigenvalue weighted by molar-refractivity contribution is 6.30. The van der Waals surface area contributed by atoms with Crippen molar-refractivity contribution in [3.05, 3.63) is 34.6 Å². The van der Waals surface area contributed by atoms with Gasteiger partial charge in [-0.25, -0.2) is 4.39 Å². The minimum Gasteiger partial charge on any atom is -0.328 e. The van der Waals surface area contributed by atoms with Gasteiger partial charge in [0.05, 0.1) is 5.02 Å². The van der Waals surface area contributed by atoms with Crippen molar-refractivity contribution in [1.82, 2.24) is 0 Å². The molecule has 0 aromatic heterocycles. The van der Waals surface area contributed by atoms with Crippen LogP contribution < -0.4 is 5.73 Å². The van der Waals surface area contributed by atoms with Gasteiger partial charge in [-0.1, -0.05) is 24.6 Å². The Hall–Kier alpha value is -0.600. The van der Waals surface area contributed by atoms with E-state index in [1.165, 1.54) is 6.07 Å². The Labute approximate surface area is 89.1 Å². The highest BCUT2D eigenvalue weighted by atomic mass is 35.5. The number of rotatable bonds is 3. The zero-order valence-corrected chi connectivity index (χ0v) is 9.18. The van der Waals surface area contributed by atoms with Gasteiger partial charge in [0.25, 0.3) is 0 Å². The van der Waals surface area contributed by atoms with Crippen LogP contribution in [0.2, 0.25) is 5.02 Å². The molecule has 0 radical (unpaired) electrons. The first-order valence-corrected chi connectivity index (χ1v) is 5.08. The standard InChI is InChI=1S/C11H15ClFN/c1-7(8(2)14)5-9-3-4-11(13)10(12)6-9/h3-4,6-8H,5,14H2,1-2H3. The molecule has 0 aliphatic rings. The summed E-state index contributed by atoms with van der Waals surface area (Å²) in [5.41, 5.74) is 6.77. The lowest BCUT2D eigenvalue weighted by atomic mass is 9.96. The van der Waals surface area contributed by atoms with E-state index in [0.717, 1.165) is 12.0 Å². The zero-order chi connectivity index (χ0) is 10.7. The lowest BCUT2D eigenvalue weighted by Gasteiger charge is -2.15. The molecule has 0 saturated carbocycles. The summed E-state index contributed by atoms with van der Waals surface area (Å²) >= 11 is 5.67. The molecule has 1 rings (SSSR count). The Morgan fingerprint density at radius 3 is 2.57 bits per heavy atom. The van der Waals surface area contributed by atoms with E-state index in [2.05, 4.69) is 6.92 Å². The monoisotopic (exact) mass is 215 g/mol. The van der Waals surface area contributed by atoms with Crippen LogP contribution in [-0.4, -0.2) is 6.04 Å². The van der Waals surface area contributed by atoms with Crippen LogP contribution in [0.3, 0.4) is 0 Å². The van der Waals surface area contributed by atoms with E-state index in [9.17, 15) is 4.39 Å². The van der Waals surface area contributed by atoms with Gasteiger partial charge in [-0.05, 0) is 37.0 Å². The maximum absolute atomic E-state index is 12.8. The van der Waals surface area contributed by atoms with Crippen molar-refractivity contribution in [2.75, 3.05) is 0 Å². The normalized spacial score (nSPS) is 15.2. The molecule has 14 heavy (non-hydrogen) atoms. The van der Waals surface area contributed by atoms with E-state index < -0.39 is 0 Å². The maximum Gasteiger partial charge on any atom is 0.141 e. The molecular weight excluding hydrogens is 201 g/mol. The highest BCUT2D eigenvalue weighted by Crippen LogP contribution is 2.18. The van der Waals surface area contributed by atoms with E-state index in [4.69, 9.17) is 17.3 Å². The Balaban J connectivity index is 2.73. The molecule has 0 spiro atoms. The summed E-state index contributed by atoms with van der Waals surface area (Å²) < 4.78 is 12.8. The molecule has 1 nitrogen and oxygen atoms in total. The highest BCUT2D eigenvalue weighted by Gasteiger charge is 2.09. The number of nitrogens with two attached hydrogens (primary N) is 1. The SMILES string of the molecule is CC(N)C(C)Cc1ccc(F)c(Cl)c1. The van der Waals surface area contributed by atoms with E-state index in [0.29, 0.717) is 5.92 Å². The van der Waals surface area contributed by atoms with Gasteiger partial charge in [-0.15, -0.1) is 0 Å². The summed E-state index contributed by atoms with van der Waals surface area (Å²) in [6.07, 6.45) is 0.831. The number of benzene rings is 1. The summed E-state index contributed by atoms with van der Waals surface area (Å²) in [4.78, 5) is 0. The van der Waals surface area contributed by atoms with Gasteiger partial charge in [0.1, 0.15) is 5.82 Å². The predicted molar refractivity (Wildman–Crippen MR) is 57.9 cm³/mol. The fourth-order valence-corrected chi connectivity index (χ4v) is 1.43. The van der Waals surface area contributed by atoms with Crippen molar-refractivity contribution >= 4 is 11.6 Å². The van der Waals surface area contributed by atoms with Gasteiger partial charge < -0.3 is 5.73 Å². The van der Waals surface area contributed by atoms with Crippen LogP contribution in [-0.2, 0) is 6.42 Å². The fourth-order valence-electron chi connectivity index (χ4n) is 1.22. The van der Waals surface area contributed by atoms with E-state index in [-0.39, 0.29) is 16.9 Å². The lowest BCUT2D eigenvalue weighted by molar-refractivity contribution is 0.481. The number of hydrogen-bond acceptors (Lipinski definition) is 1. The second-order valence-corrected chi connectivity index (χ2v) is 4.20. The molecule has 78 valence electrons. The second-order valence-electron chi connectivity index (χ2n) is 3.79. The number of hydrogen-bond donors (Lipinski definition) is 1. The molecule has 0 aliphatic heterocycles.